The fourth-order valence-corrected chi connectivity index (χ4v) is 4.53. The Kier molecular flexibility index (Phi) is 11.2. The van der Waals surface area contributed by atoms with Crippen LogP contribution in [0.5, 0.6) is 0 Å². The molecule has 0 aromatic heterocycles. The number of carbonyl (C=O) groups excluding carboxylic acids is 2. The second-order valence-corrected chi connectivity index (χ2v) is 11.7. The maximum Gasteiger partial charge on any atom is 0.338 e. The highest BCUT2D eigenvalue weighted by Crippen LogP contribution is 2.28. The molecule has 0 saturated carbocycles. The van der Waals surface area contributed by atoms with Crippen molar-refractivity contribution in [2.75, 3.05) is 26.4 Å². The molecular weight excluding hydrogens is 488 g/mol. The van der Waals surface area contributed by atoms with Gasteiger partial charge in [0.05, 0.1) is 48.8 Å². The zero-order chi connectivity index (χ0) is 27.8. The van der Waals surface area contributed by atoms with Crippen molar-refractivity contribution >= 4 is 11.9 Å². The quantitative estimate of drug-likeness (QED) is 0.180. The van der Waals surface area contributed by atoms with Gasteiger partial charge in [-0.2, -0.15) is 0 Å². The second-order valence-electron chi connectivity index (χ2n) is 11.7. The van der Waals surface area contributed by atoms with Crippen molar-refractivity contribution in [1.29, 1.82) is 0 Å². The Balaban J connectivity index is 1.52. The maximum absolute atomic E-state index is 12.9. The monoisotopic (exact) mass is 534 g/mol. The van der Waals surface area contributed by atoms with Gasteiger partial charge in [0.25, 0.3) is 0 Å². The van der Waals surface area contributed by atoms with Crippen LogP contribution in [-0.2, 0) is 28.4 Å². The zero-order valence-electron chi connectivity index (χ0n) is 24.0. The summed E-state index contributed by atoms with van der Waals surface area (Å²) in [6, 6.07) is 6.40. The highest BCUT2D eigenvalue weighted by molar-refractivity contribution is 5.93. The SMILES string of the molecule is CCCOC(CC1CO1)CC(C)(C)OC(=O)c1ccc(C(=O)OC(C)(C)CC(CC2CO2)OCCC)cc1. The lowest BCUT2D eigenvalue weighted by Crippen LogP contribution is -2.35. The van der Waals surface area contributed by atoms with E-state index in [2.05, 4.69) is 13.8 Å². The zero-order valence-corrected chi connectivity index (χ0v) is 24.0. The number of carbonyl (C=O) groups is 2. The molecule has 4 atom stereocenters. The van der Waals surface area contributed by atoms with Crippen LogP contribution in [0.2, 0.25) is 0 Å². The predicted molar refractivity (Wildman–Crippen MR) is 143 cm³/mol. The van der Waals surface area contributed by atoms with Crippen LogP contribution in [0.15, 0.2) is 24.3 Å². The van der Waals surface area contributed by atoms with Gasteiger partial charge in [0, 0.05) is 38.9 Å². The molecule has 8 nitrogen and oxygen atoms in total. The molecule has 38 heavy (non-hydrogen) atoms. The van der Waals surface area contributed by atoms with Crippen molar-refractivity contribution in [3.05, 3.63) is 35.4 Å². The molecule has 1 aromatic rings. The van der Waals surface area contributed by atoms with Gasteiger partial charge in [-0.25, -0.2) is 9.59 Å². The Morgan fingerprint density at radius 1 is 0.763 bits per heavy atom. The van der Waals surface area contributed by atoms with Crippen LogP contribution in [0.3, 0.4) is 0 Å². The fraction of sp³-hybridized carbons (Fsp3) is 0.733. The molecule has 0 N–H and O–H groups in total. The summed E-state index contributed by atoms with van der Waals surface area (Å²) in [5.74, 6) is -0.879. The molecule has 2 fully saturated rings. The molecule has 0 spiro atoms. The Bertz CT molecular complexity index is 813. The van der Waals surface area contributed by atoms with Crippen LogP contribution in [0.1, 0.15) is 101 Å². The number of ether oxygens (including phenoxy) is 6. The number of hydrogen-bond donors (Lipinski definition) is 0. The third-order valence-electron chi connectivity index (χ3n) is 6.50. The van der Waals surface area contributed by atoms with Gasteiger partial charge in [0.15, 0.2) is 0 Å². The molecule has 2 saturated heterocycles. The third kappa shape index (κ3) is 11.0. The van der Waals surface area contributed by atoms with Crippen LogP contribution in [0, 0.1) is 0 Å². The molecule has 3 rings (SSSR count). The molecule has 214 valence electrons. The minimum Gasteiger partial charge on any atom is -0.456 e. The molecular formula is C30H46O8. The predicted octanol–water partition coefficient (Wildman–Crippen LogP) is 5.51. The van der Waals surface area contributed by atoms with Gasteiger partial charge in [-0.15, -0.1) is 0 Å². The molecule has 2 heterocycles. The lowest BCUT2D eigenvalue weighted by Gasteiger charge is -2.30. The van der Waals surface area contributed by atoms with E-state index in [1.54, 1.807) is 24.3 Å². The van der Waals surface area contributed by atoms with Crippen molar-refractivity contribution < 1.29 is 38.0 Å². The highest BCUT2D eigenvalue weighted by Gasteiger charge is 2.35. The second kappa shape index (κ2) is 13.9. The van der Waals surface area contributed by atoms with Crippen LogP contribution >= 0.6 is 0 Å². The summed E-state index contributed by atoms with van der Waals surface area (Å²) in [5, 5.41) is 0. The molecule has 4 unspecified atom stereocenters. The highest BCUT2D eigenvalue weighted by atomic mass is 16.6. The van der Waals surface area contributed by atoms with Crippen LogP contribution < -0.4 is 0 Å². The average Bonchev–Trinajstić information content (AvgIpc) is 3.77. The first-order valence-electron chi connectivity index (χ1n) is 14.0. The molecule has 0 bridgehead atoms. The third-order valence-corrected chi connectivity index (χ3v) is 6.50. The van der Waals surface area contributed by atoms with Gasteiger partial charge < -0.3 is 28.4 Å². The van der Waals surface area contributed by atoms with Crippen LogP contribution in [-0.4, -0.2) is 74.0 Å². The van der Waals surface area contributed by atoms with E-state index in [9.17, 15) is 9.59 Å². The van der Waals surface area contributed by atoms with E-state index in [1.807, 2.05) is 27.7 Å². The normalized spacial score (nSPS) is 20.5. The van der Waals surface area contributed by atoms with E-state index >= 15 is 0 Å². The van der Waals surface area contributed by atoms with Crippen molar-refractivity contribution in [3.8, 4) is 0 Å². The summed E-state index contributed by atoms with van der Waals surface area (Å²) < 4.78 is 34.3. The molecule has 2 aliphatic rings. The van der Waals surface area contributed by atoms with E-state index in [0.717, 1.165) is 38.9 Å². The Morgan fingerprint density at radius 2 is 1.11 bits per heavy atom. The number of benzene rings is 1. The van der Waals surface area contributed by atoms with Gasteiger partial charge in [-0.05, 0) is 64.8 Å². The molecule has 1 aromatic carbocycles. The van der Waals surface area contributed by atoms with E-state index < -0.39 is 23.1 Å². The first-order valence-corrected chi connectivity index (χ1v) is 14.0. The van der Waals surface area contributed by atoms with Gasteiger partial charge in [-0.3, -0.25) is 0 Å². The van der Waals surface area contributed by atoms with E-state index in [1.165, 1.54) is 0 Å². The average molecular weight is 535 g/mol. The molecule has 0 aliphatic carbocycles. The smallest absolute Gasteiger partial charge is 0.338 e. The molecule has 2 aliphatic heterocycles. The van der Waals surface area contributed by atoms with Gasteiger partial charge in [-0.1, -0.05) is 13.8 Å². The van der Waals surface area contributed by atoms with Crippen molar-refractivity contribution in [3.63, 3.8) is 0 Å². The first-order chi connectivity index (χ1) is 18.0. The Hall–Kier alpha value is -2.00. The minimum atomic E-state index is -0.714. The Morgan fingerprint density at radius 3 is 1.39 bits per heavy atom. The van der Waals surface area contributed by atoms with Crippen LogP contribution in [0.25, 0.3) is 0 Å². The fourth-order valence-electron chi connectivity index (χ4n) is 4.53. The summed E-state index contributed by atoms with van der Waals surface area (Å²) in [6.07, 6.45) is 5.02. The summed E-state index contributed by atoms with van der Waals surface area (Å²) in [4.78, 5) is 25.7. The van der Waals surface area contributed by atoms with Crippen molar-refractivity contribution in [2.45, 2.75) is 116 Å². The van der Waals surface area contributed by atoms with Crippen molar-refractivity contribution in [1.82, 2.24) is 0 Å². The maximum atomic E-state index is 12.9. The lowest BCUT2D eigenvalue weighted by atomic mass is 9.97. The van der Waals surface area contributed by atoms with Crippen LogP contribution in [0.4, 0.5) is 0 Å². The summed E-state index contributed by atoms with van der Waals surface area (Å²) in [6.45, 7) is 14.6. The number of hydrogen-bond acceptors (Lipinski definition) is 8. The van der Waals surface area contributed by atoms with Gasteiger partial charge in [0.1, 0.15) is 11.2 Å². The van der Waals surface area contributed by atoms with Crippen molar-refractivity contribution in [2.24, 2.45) is 0 Å². The number of rotatable bonds is 18. The largest absolute Gasteiger partial charge is 0.456 e. The number of epoxide rings is 2. The van der Waals surface area contributed by atoms with Gasteiger partial charge in [0.2, 0.25) is 0 Å². The standard InChI is InChI=1S/C30H46O8/c1-7-13-33-23(15-25-19-35-25)17-29(3,4)37-27(31)21-9-11-22(12-10-21)28(32)38-30(5,6)18-24(34-14-8-2)16-26-20-36-26/h9-12,23-26H,7-8,13-20H2,1-6H3. The van der Waals surface area contributed by atoms with Gasteiger partial charge >= 0.3 is 11.9 Å². The number of esters is 2. The molecule has 8 heteroatoms. The topological polar surface area (TPSA) is 96.1 Å². The lowest BCUT2D eigenvalue weighted by molar-refractivity contribution is -0.0466. The minimum absolute atomic E-state index is 0.0329. The van der Waals surface area contributed by atoms with E-state index in [4.69, 9.17) is 28.4 Å². The summed E-state index contributed by atoms with van der Waals surface area (Å²) in [5.41, 5.74) is -0.673. The first kappa shape index (κ1) is 30.5. The molecule has 0 amide bonds. The van der Waals surface area contributed by atoms with E-state index in [-0.39, 0.29) is 24.4 Å². The summed E-state index contributed by atoms with van der Waals surface area (Å²) in [7, 11) is 0. The van der Waals surface area contributed by atoms with E-state index in [0.29, 0.717) is 37.2 Å². The Labute approximate surface area is 227 Å². The molecule has 0 radical (unpaired) electrons. The summed E-state index contributed by atoms with van der Waals surface area (Å²) >= 11 is 0.